The summed E-state index contributed by atoms with van der Waals surface area (Å²) in [6.45, 7) is 5.00. The lowest BCUT2D eigenvalue weighted by atomic mass is 10.1. The fraction of sp³-hybridized carbons (Fsp3) is 0.423. The van der Waals surface area contributed by atoms with Gasteiger partial charge in [-0.25, -0.2) is 8.78 Å². The van der Waals surface area contributed by atoms with Crippen molar-refractivity contribution in [1.82, 2.24) is 25.3 Å². The zero-order valence-electron chi connectivity index (χ0n) is 21.4. The Bertz CT molecular complexity index is 1250. The maximum Gasteiger partial charge on any atom is 0.255 e. The van der Waals surface area contributed by atoms with Crippen LogP contribution >= 0.6 is 0 Å². The number of fused-ring (bicyclic) bond motifs is 1. The summed E-state index contributed by atoms with van der Waals surface area (Å²) >= 11 is 0. The van der Waals surface area contributed by atoms with Gasteiger partial charge < -0.3 is 25.4 Å². The second-order valence-corrected chi connectivity index (χ2v) is 9.44. The van der Waals surface area contributed by atoms with Crippen molar-refractivity contribution < 1.29 is 28.2 Å². The van der Waals surface area contributed by atoms with Gasteiger partial charge in [0.1, 0.15) is 17.6 Å². The number of aliphatic hydroxyl groups is 1. The number of carbonyl (C=O) groups excluding carboxylic acids is 2. The first-order chi connectivity index (χ1) is 17.6. The average Bonchev–Trinajstić information content (AvgIpc) is 3.21. The molecule has 0 saturated heterocycles. The molecule has 2 amide bonds. The molecule has 37 heavy (non-hydrogen) atoms. The van der Waals surface area contributed by atoms with E-state index in [1.807, 2.05) is 32.8 Å². The van der Waals surface area contributed by atoms with Crippen LogP contribution in [0.2, 0.25) is 0 Å². The van der Waals surface area contributed by atoms with Crippen molar-refractivity contribution in [2.24, 2.45) is 5.92 Å². The number of aliphatic hydroxyl groups excluding tert-OH is 1. The van der Waals surface area contributed by atoms with Gasteiger partial charge in [0.15, 0.2) is 11.6 Å². The van der Waals surface area contributed by atoms with E-state index in [9.17, 15) is 18.4 Å². The Hall–Kier alpha value is -3.57. The first-order valence-corrected chi connectivity index (χ1v) is 12.1. The third kappa shape index (κ3) is 7.46. The highest BCUT2D eigenvalue weighted by atomic mass is 19.1. The van der Waals surface area contributed by atoms with Crippen molar-refractivity contribution in [3.05, 3.63) is 53.7 Å². The van der Waals surface area contributed by atoms with Gasteiger partial charge in [-0.15, -0.1) is 0 Å². The Kier molecular flexibility index (Phi) is 9.54. The number of amides is 2. The molecular formula is C26H33F2N5O4. The maximum atomic E-state index is 14.4. The summed E-state index contributed by atoms with van der Waals surface area (Å²) in [7, 11) is 3.69. The van der Waals surface area contributed by atoms with E-state index in [1.165, 1.54) is 0 Å². The summed E-state index contributed by atoms with van der Waals surface area (Å²) in [6, 6.07) is 5.15. The van der Waals surface area contributed by atoms with Crippen LogP contribution < -0.4 is 15.4 Å². The van der Waals surface area contributed by atoms with E-state index in [0.29, 0.717) is 36.5 Å². The Labute approximate surface area is 214 Å². The van der Waals surface area contributed by atoms with Crippen LogP contribution in [0, 0.1) is 17.6 Å². The average molecular weight is 518 g/mol. The van der Waals surface area contributed by atoms with Crippen molar-refractivity contribution >= 4 is 22.7 Å². The number of rotatable bonds is 12. The van der Waals surface area contributed by atoms with E-state index in [4.69, 9.17) is 9.84 Å². The minimum absolute atomic E-state index is 0.0294. The fourth-order valence-electron chi connectivity index (χ4n) is 3.73. The molecule has 0 bridgehead atoms. The second-order valence-electron chi connectivity index (χ2n) is 9.44. The number of benzene rings is 2. The van der Waals surface area contributed by atoms with E-state index in [2.05, 4.69) is 15.7 Å². The summed E-state index contributed by atoms with van der Waals surface area (Å²) in [5, 5.41) is 19.5. The highest BCUT2D eigenvalue weighted by Gasteiger charge is 2.25. The van der Waals surface area contributed by atoms with Crippen LogP contribution in [0.5, 0.6) is 11.5 Å². The van der Waals surface area contributed by atoms with E-state index >= 15 is 0 Å². The largest absolute Gasteiger partial charge is 0.453 e. The van der Waals surface area contributed by atoms with Crippen molar-refractivity contribution in [3.63, 3.8) is 0 Å². The fourth-order valence-corrected chi connectivity index (χ4v) is 3.73. The predicted molar refractivity (Wildman–Crippen MR) is 136 cm³/mol. The number of nitrogens with zero attached hydrogens (tertiary/aromatic N) is 3. The van der Waals surface area contributed by atoms with Crippen LogP contribution in [0.15, 0.2) is 36.5 Å². The van der Waals surface area contributed by atoms with Crippen LogP contribution in [0.25, 0.3) is 10.9 Å². The van der Waals surface area contributed by atoms with Gasteiger partial charge in [0, 0.05) is 24.5 Å². The summed E-state index contributed by atoms with van der Waals surface area (Å²) in [5.74, 6) is -2.67. The lowest BCUT2D eigenvalue weighted by Gasteiger charge is -2.21. The van der Waals surface area contributed by atoms with Crippen molar-refractivity contribution in [3.8, 4) is 11.5 Å². The summed E-state index contributed by atoms with van der Waals surface area (Å²) in [6.07, 6.45) is 1.93. The number of carbonyl (C=O) groups is 2. The van der Waals surface area contributed by atoms with E-state index in [0.717, 1.165) is 12.1 Å². The molecule has 0 radical (unpaired) electrons. The Morgan fingerprint density at radius 2 is 1.92 bits per heavy atom. The Morgan fingerprint density at radius 1 is 1.16 bits per heavy atom. The van der Waals surface area contributed by atoms with Crippen LogP contribution in [-0.2, 0) is 11.3 Å². The third-order valence-corrected chi connectivity index (χ3v) is 5.54. The van der Waals surface area contributed by atoms with Gasteiger partial charge in [-0.1, -0.05) is 13.8 Å². The molecule has 1 atom stereocenters. The van der Waals surface area contributed by atoms with Crippen molar-refractivity contribution in [2.75, 3.05) is 33.8 Å². The van der Waals surface area contributed by atoms with Crippen molar-refractivity contribution in [1.29, 1.82) is 0 Å². The zero-order chi connectivity index (χ0) is 27.1. The molecule has 0 saturated carbocycles. The van der Waals surface area contributed by atoms with E-state index in [-0.39, 0.29) is 36.1 Å². The molecule has 0 aliphatic heterocycles. The normalized spacial score (nSPS) is 12.2. The van der Waals surface area contributed by atoms with Crippen molar-refractivity contribution in [2.45, 2.75) is 32.9 Å². The van der Waals surface area contributed by atoms with Gasteiger partial charge in [0.2, 0.25) is 5.91 Å². The number of hydrogen-bond acceptors (Lipinski definition) is 6. The first kappa shape index (κ1) is 28.0. The van der Waals surface area contributed by atoms with Crippen LogP contribution in [0.4, 0.5) is 8.78 Å². The van der Waals surface area contributed by atoms with Crippen LogP contribution in [0.3, 0.4) is 0 Å². The van der Waals surface area contributed by atoms with Gasteiger partial charge in [0.25, 0.3) is 5.91 Å². The molecule has 11 heteroatoms. The molecule has 200 valence electrons. The third-order valence-electron chi connectivity index (χ3n) is 5.54. The highest BCUT2D eigenvalue weighted by molar-refractivity contribution is 6.03. The first-order valence-electron chi connectivity index (χ1n) is 12.1. The number of aromatic nitrogens is 2. The molecule has 1 aromatic heterocycles. The molecule has 0 unspecified atom stereocenters. The molecule has 9 nitrogen and oxygen atoms in total. The monoisotopic (exact) mass is 517 g/mol. The molecule has 0 fully saturated rings. The minimum Gasteiger partial charge on any atom is -0.453 e. The minimum atomic E-state index is -0.922. The highest BCUT2D eigenvalue weighted by Crippen LogP contribution is 2.32. The Morgan fingerprint density at radius 3 is 2.57 bits per heavy atom. The quantitative estimate of drug-likeness (QED) is 0.341. The van der Waals surface area contributed by atoms with Gasteiger partial charge in [-0.2, -0.15) is 5.10 Å². The van der Waals surface area contributed by atoms with Gasteiger partial charge in [-0.05, 0) is 57.2 Å². The summed E-state index contributed by atoms with van der Waals surface area (Å²) < 4.78 is 35.3. The summed E-state index contributed by atoms with van der Waals surface area (Å²) in [5.41, 5.74) is 0.729. The standard InChI is InChI=1S/C26H33F2N5O4/c1-16(2)15-33-22-13-19(25(35)31-21(7-9-32(3)4)26(36)29-8-10-34)24(11-17(22)14-30-33)37-23-6-5-18(27)12-20(23)28/h5-6,11-14,16,21,34H,7-10,15H2,1-4H3,(H,29,36)(H,31,35)/t21-/m0/s1. The lowest BCUT2D eigenvalue weighted by molar-refractivity contribution is -0.123. The maximum absolute atomic E-state index is 14.4. The molecule has 1 heterocycles. The van der Waals surface area contributed by atoms with Gasteiger partial charge in [-0.3, -0.25) is 14.3 Å². The molecule has 3 rings (SSSR count). The molecule has 3 N–H and O–H groups in total. The molecule has 3 aromatic rings. The number of ether oxygens (including phenoxy) is 1. The second kappa shape index (κ2) is 12.6. The Balaban J connectivity index is 2.01. The topological polar surface area (TPSA) is 109 Å². The van der Waals surface area contributed by atoms with Gasteiger partial charge >= 0.3 is 0 Å². The lowest BCUT2D eigenvalue weighted by Crippen LogP contribution is -2.48. The molecule has 0 spiro atoms. The van der Waals surface area contributed by atoms with E-state index < -0.39 is 29.5 Å². The molecule has 2 aromatic carbocycles. The summed E-state index contributed by atoms with van der Waals surface area (Å²) in [4.78, 5) is 28.1. The SMILES string of the molecule is CC(C)Cn1ncc2cc(Oc3ccc(F)cc3F)c(C(=O)N[C@@H](CCN(C)C)C(=O)NCCO)cc21. The molecule has 0 aliphatic rings. The predicted octanol–water partition coefficient (Wildman–Crippen LogP) is 2.92. The van der Waals surface area contributed by atoms with E-state index in [1.54, 1.807) is 23.0 Å². The number of halogens is 2. The number of nitrogens with one attached hydrogen (secondary N) is 2. The number of hydrogen-bond donors (Lipinski definition) is 3. The smallest absolute Gasteiger partial charge is 0.255 e. The van der Waals surface area contributed by atoms with Gasteiger partial charge in [0.05, 0.1) is 23.9 Å². The van der Waals surface area contributed by atoms with Crippen LogP contribution in [-0.4, -0.2) is 71.4 Å². The molecule has 0 aliphatic carbocycles. The van der Waals surface area contributed by atoms with Crippen LogP contribution in [0.1, 0.15) is 30.6 Å². The molecular weight excluding hydrogens is 484 g/mol. The zero-order valence-corrected chi connectivity index (χ0v) is 21.4.